The molecule has 0 fully saturated rings. The van der Waals surface area contributed by atoms with E-state index >= 15 is 0 Å². The minimum atomic E-state index is -0.697. The van der Waals surface area contributed by atoms with Gasteiger partial charge in [-0.3, -0.25) is 9.78 Å². The van der Waals surface area contributed by atoms with Gasteiger partial charge in [0.15, 0.2) is 0 Å². The van der Waals surface area contributed by atoms with Gasteiger partial charge in [-0.1, -0.05) is 6.07 Å². The highest BCUT2D eigenvalue weighted by Crippen LogP contribution is 2.29. The summed E-state index contributed by atoms with van der Waals surface area (Å²) in [5.41, 5.74) is 8.55. The van der Waals surface area contributed by atoms with Crippen LogP contribution in [-0.2, 0) is 6.54 Å². The van der Waals surface area contributed by atoms with Gasteiger partial charge in [0.05, 0.1) is 5.69 Å². The number of nitrogens with two attached hydrogens (primary N) is 1. The first-order valence-corrected chi connectivity index (χ1v) is 10.1. The van der Waals surface area contributed by atoms with E-state index in [1.54, 1.807) is 61.8 Å². The Kier molecular flexibility index (Phi) is 6.26. The minimum Gasteiger partial charge on any atom is -0.457 e. The highest BCUT2D eigenvalue weighted by molar-refractivity contribution is 5.96. The number of benzene rings is 2. The van der Waals surface area contributed by atoms with E-state index < -0.39 is 11.6 Å². The lowest BCUT2D eigenvalue weighted by molar-refractivity contribution is 0.0950. The van der Waals surface area contributed by atoms with Crippen LogP contribution in [0.1, 0.15) is 21.5 Å². The van der Waals surface area contributed by atoms with E-state index in [4.69, 9.17) is 10.5 Å². The minimum absolute atomic E-state index is 0.0131. The molecule has 0 saturated carbocycles. The Balaban J connectivity index is 1.51. The zero-order valence-corrected chi connectivity index (χ0v) is 17.7. The molecule has 0 aliphatic rings. The number of amides is 1. The van der Waals surface area contributed by atoms with E-state index in [-0.39, 0.29) is 12.5 Å². The van der Waals surface area contributed by atoms with Crippen LogP contribution in [-0.4, -0.2) is 15.9 Å². The summed E-state index contributed by atoms with van der Waals surface area (Å²) in [5, 5.41) is 2.68. The number of nitrogens with zero attached hydrogens (tertiary/aromatic N) is 2. The molecule has 0 unspecified atom stereocenters. The number of anilines is 1. The quantitative estimate of drug-likeness (QED) is 0.433. The fraction of sp³-hybridized carbons (Fsp3) is 0.0800. The normalized spacial score (nSPS) is 10.6. The summed E-state index contributed by atoms with van der Waals surface area (Å²) in [5.74, 6) is -0.368. The van der Waals surface area contributed by atoms with E-state index in [0.717, 1.165) is 11.6 Å². The first kappa shape index (κ1) is 21.9. The van der Waals surface area contributed by atoms with Crippen LogP contribution in [0.4, 0.5) is 14.6 Å². The van der Waals surface area contributed by atoms with Gasteiger partial charge in [-0.05, 0) is 55.0 Å². The zero-order valence-electron chi connectivity index (χ0n) is 17.7. The van der Waals surface area contributed by atoms with E-state index in [9.17, 15) is 13.6 Å². The second-order valence-electron chi connectivity index (χ2n) is 7.34. The van der Waals surface area contributed by atoms with Crippen molar-refractivity contribution in [1.29, 1.82) is 0 Å². The number of carbonyl (C=O) groups excluding carboxylic acids is 1. The largest absolute Gasteiger partial charge is 0.457 e. The molecular formula is C25H20F2N4O2. The second kappa shape index (κ2) is 9.44. The van der Waals surface area contributed by atoms with Gasteiger partial charge in [0.2, 0.25) is 0 Å². The number of carbonyl (C=O) groups is 1. The summed E-state index contributed by atoms with van der Waals surface area (Å²) in [4.78, 5) is 21.0. The van der Waals surface area contributed by atoms with Gasteiger partial charge >= 0.3 is 0 Å². The van der Waals surface area contributed by atoms with Crippen LogP contribution in [0, 0.1) is 18.6 Å². The van der Waals surface area contributed by atoms with Crippen molar-refractivity contribution in [3.63, 3.8) is 0 Å². The van der Waals surface area contributed by atoms with Gasteiger partial charge in [0.1, 0.15) is 29.0 Å². The van der Waals surface area contributed by atoms with Crippen LogP contribution in [0.5, 0.6) is 11.5 Å². The van der Waals surface area contributed by atoms with Crippen LogP contribution >= 0.6 is 0 Å². The van der Waals surface area contributed by atoms with E-state index in [0.29, 0.717) is 39.7 Å². The number of aromatic nitrogens is 2. The Morgan fingerprint density at radius 3 is 2.52 bits per heavy atom. The molecule has 0 atom stereocenters. The number of pyridine rings is 2. The summed E-state index contributed by atoms with van der Waals surface area (Å²) in [6.45, 7) is 1.75. The van der Waals surface area contributed by atoms with Crippen molar-refractivity contribution in [1.82, 2.24) is 15.3 Å². The van der Waals surface area contributed by atoms with Gasteiger partial charge in [0, 0.05) is 47.8 Å². The molecule has 2 heterocycles. The highest BCUT2D eigenvalue weighted by Gasteiger charge is 2.14. The SMILES string of the molecule is Cc1c(Oc2ccnc(-c3ccnc(N)c3)c2)cccc1C(=O)NCc1cc(F)cc(F)c1. The van der Waals surface area contributed by atoms with Crippen LogP contribution in [0.25, 0.3) is 11.3 Å². The van der Waals surface area contributed by atoms with Crippen molar-refractivity contribution in [3.8, 4) is 22.8 Å². The maximum atomic E-state index is 13.4. The lowest BCUT2D eigenvalue weighted by atomic mass is 10.1. The molecule has 8 heteroatoms. The number of ether oxygens (including phenoxy) is 1. The molecule has 6 nitrogen and oxygen atoms in total. The summed E-state index contributed by atoms with van der Waals surface area (Å²) < 4.78 is 32.8. The summed E-state index contributed by atoms with van der Waals surface area (Å²) >= 11 is 0. The molecule has 1 amide bonds. The Morgan fingerprint density at radius 2 is 1.76 bits per heavy atom. The molecule has 4 aromatic rings. The number of nitrogens with one attached hydrogen (secondary N) is 1. The molecule has 0 spiro atoms. The average molecular weight is 446 g/mol. The van der Waals surface area contributed by atoms with Crippen molar-refractivity contribution in [3.05, 3.63) is 101 Å². The maximum absolute atomic E-state index is 13.4. The standard InChI is InChI=1S/C25H20F2N4O2/c1-15-21(25(32)31-14-16-9-18(26)12-19(27)10-16)3-2-4-23(15)33-20-6-8-29-22(13-20)17-5-7-30-24(28)11-17/h2-13H,14H2,1H3,(H2,28,30)(H,31,32). The fourth-order valence-corrected chi connectivity index (χ4v) is 3.33. The molecule has 4 rings (SSSR count). The predicted molar refractivity (Wildman–Crippen MR) is 121 cm³/mol. The number of halogens is 2. The van der Waals surface area contributed by atoms with Gasteiger partial charge in [-0.25, -0.2) is 13.8 Å². The van der Waals surface area contributed by atoms with Gasteiger partial charge < -0.3 is 15.8 Å². The molecule has 2 aromatic heterocycles. The first-order valence-electron chi connectivity index (χ1n) is 10.1. The zero-order chi connectivity index (χ0) is 23.4. The highest BCUT2D eigenvalue weighted by atomic mass is 19.1. The molecule has 3 N–H and O–H groups in total. The fourth-order valence-electron chi connectivity index (χ4n) is 3.33. The van der Waals surface area contributed by atoms with Crippen LogP contribution in [0.15, 0.2) is 73.1 Å². The Bertz CT molecular complexity index is 1310. The molecule has 0 saturated heterocycles. The van der Waals surface area contributed by atoms with Crippen LogP contribution in [0.3, 0.4) is 0 Å². The lowest BCUT2D eigenvalue weighted by Crippen LogP contribution is -2.23. The Labute approximate surface area is 189 Å². The molecule has 0 aliphatic carbocycles. The van der Waals surface area contributed by atoms with E-state index in [1.807, 2.05) is 0 Å². The molecule has 2 aromatic carbocycles. The smallest absolute Gasteiger partial charge is 0.251 e. The third-order valence-corrected chi connectivity index (χ3v) is 4.94. The summed E-state index contributed by atoms with van der Waals surface area (Å²) in [6, 6.07) is 15.2. The second-order valence-corrected chi connectivity index (χ2v) is 7.34. The third-order valence-electron chi connectivity index (χ3n) is 4.94. The third kappa shape index (κ3) is 5.30. The summed E-state index contributed by atoms with van der Waals surface area (Å²) in [7, 11) is 0. The van der Waals surface area contributed by atoms with Crippen LogP contribution < -0.4 is 15.8 Å². The van der Waals surface area contributed by atoms with Gasteiger partial charge in [-0.2, -0.15) is 0 Å². The van der Waals surface area contributed by atoms with Gasteiger partial charge in [-0.15, -0.1) is 0 Å². The number of hydrogen-bond donors (Lipinski definition) is 2. The molecule has 0 aliphatic heterocycles. The van der Waals surface area contributed by atoms with E-state index in [2.05, 4.69) is 15.3 Å². The number of rotatable bonds is 6. The summed E-state index contributed by atoms with van der Waals surface area (Å²) in [6.07, 6.45) is 3.22. The monoisotopic (exact) mass is 446 g/mol. The van der Waals surface area contributed by atoms with Crippen molar-refractivity contribution >= 4 is 11.7 Å². The van der Waals surface area contributed by atoms with Crippen molar-refractivity contribution in [2.45, 2.75) is 13.5 Å². The Morgan fingerprint density at radius 1 is 1.00 bits per heavy atom. The van der Waals surface area contributed by atoms with Crippen LogP contribution in [0.2, 0.25) is 0 Å². The molecule has 166 valence electrons. The van der Waals surface area contributed by atoms with Crippen molar-refractivity contribution < 1.29 is 18.3 Å². The number of hydrogen-bond acceptors (Lipinski definition) is 5. The number of nitrogen functional groups attached to an aromatic ring is 1. The topological polar surface area (TPSA) is 90.1 Å². The average Bonchev–Trinajstić information content (AvgIpc) is 2.78. The molecule has 0 bridgehead atoms. The molecule has 0 radical (unpaired) electrons. The van der Waals surface area contributed by atoms with Crippen molar-refractivity contribution in [2.75, 3.05) is 5.73 Å². The molecular weight excluding hydrogens is 426 g/mol. The molecule has 33 heavy (non-hydrogen) atoms. The van der Waals surface area contributed by atoms with E-state index in [1.165, 1.54) is 12.1 Å². The van der Waals surface area contributed by atoms with Gasteiger partial charge in [0.25, 0.3) is 5.91 Å². The maximum Gasteiger partial charge on any atom is 0.251 e. The lowest BCUT2D eigenvalue weighted by Gasteiger charge is -2.13. The van der Waals surface area contributed by atoms with Crippen molar-refractivity contribution in [2.24, 2.45) is 0 Å². The Hall–Kier alpha value is -4.33. The predicted octanol–water partition coefficient (Wildman–Crippen LogP) is 5.03. The first-order chi connectivity index (χ1) is 15.9.